The lowest BCUT2D eigenvalue weighted by Crippen LogP contribution is -2.29. The number of piperidine rings is 1. The Bertz CT molecular complexity index is 721. The zero-order valence-corrected chi connectivity index (χ0v) is 15.6. The first kappa shape index (κ1) is 18.2. The molecule has 1 aromatic carbocycles. The van der Waals surface area contributed by atoms with Crippen molar-refractivity contribution in [3.05, 3.63) is 42.4 Å². The van der Waals surface area contributed by atoms with Crippen molar-refractivity contribution in [1.29, 1.82) is 0 Å². The van der Waals surface area contributed by atoms with Crippen LogP contribution < -0.4 is 15.1 Å². The molecule has 2 heterocycles. The Morgan fingerprint density at radius 1 is 1.08 bits per heavy atom. The highest BCUT2D eigenvalue weighted by Gasteiger charge is 2.13. The molecule has 1 aliphatic heterocycles. The minimum Gasteiger partial charge on any atom is -0.372 e. The zero-order chi connectivity index (χ0) is 18.4. The Hall–Kier alpha value is -2.63. The molecule has 0 bridgehead atoms. The van der Waals surface area contributed by atoms with Crippen LogP contribution in [0.15, 0.2) is 36.7 Å². The van der Waals surface area contributed by atoms with Gasteiger partial charge in [0.15, 0.2) is 0 Å². The second-order valence-corrected chi connectivity index (χ2v) is 6.48. The minimum atomic E-state index is -0.216. The van der Waals surface area contributed by atoms with Gasteiger partial charge in [-0.25, -0.2) is 9.97 Å². The Balaban J connectivity index is 1.67. The van der Waals surface area contributed by atoms with E-state index in [1.807, 2.05) is 12.1 Å². The molecule has 0 unspecified atom stereocenters. The van der Waals surface area contributed by atoms with Gasteiger partial charge in [-0.2, -0.15) is 0 Å². The maximum Gasteiger partial charge on any atom is 0.274 e. The summed E-state index contributed by atoms with van der Waals surface area (Å²) in [5.41, 5.74) is 2.37. The van der Waals surface area contributed by atoms with E-state index in [9.17, 15) is 4.79 Å². The molecule has 138 valence electrons. The standard InChI is InChI=1S/C20H27N5O/c1-3-24(4-2)19-14-18(21-15-22-19)20(26)23-16-8-10-17(11-9-16)25-12-6-5-7-13-25/h8-11,14-15H,3-7,12-13H2,1-2H3,(H,23,26). The number of anilines is 3. The molecule has 1 N–H and O–H groups in total. The second-order valence-electron chi connectivity index (χ2n) is 6.48. The number of amides is 1. The summed E-state index contributed by atoms with van der Waals surface area (Å²) in [6.07, 6.45) is 5.27. The van der Waals surface area contributed by atoms with E-state index in [0.717, 1.165) is 37.7 Å². The number of hydrogen-bond donors (Lipinski definition) is 1. The number of benzene rings is 1. The third kappa shape index (κ3) is 4.31. The molecule has 0 aliphatic carbocycles. The maximum atomic E-state index is 12.5. The molecule has 1 amide bonds. The predicted molar refractivity (Wildman–Crippen MR) is 106 cm³/mol. The van der Waals surface area contributed by atoms with Crippen LogP contribution in [0.1, 0.15) is 43.6 Å². The number of nitrogens with zero attached hydrogens (tertiary/aromatic N) is 4. The van der Waals surface area contributed by atoms with Crippen LogP contribution in [0.25, 0.3) is 0 Å². The normalized spacial score (nSPS) is 14.2. The molecule has 6 nitrogen and oxygen atoms in total. The summed E-state index contributed by atoms with van der Waals surface area (Å²) >= 11 is 0. The lowest BCUT2D eigenvalue weighted by atomic mass is 10.1. The van der Waals surface area contributed by atoms with Crippen LogP contribution >= 0.6 is 0 Å². The fourth-order valence-electron chi connectivity index (χ4n) is 3.29. The van der Waals surface area contributed by atoms with E-state index in [4.69, 9.17) is 0 Å². The van der Waals surface area contributed by atoms with Crippen LogP contribution in [-0.4, -0.2) is 42.1 Å². The lowest BCUT2D eigenvalue weighted by Gasteiger charge is -2.28. The van der Waals surface area contributed by atoms with Gasteiger partial charge in [0.05, 0.1) is 0 Å². The van der Waals surface area contributed by atoms with E-state index in [2.05, 4.69) is 51.1 Å². The molecule has 0 saturated carbocycles. The SMILES string of the molecule is CCN(CC)c1cc(C(=O)Nc2ccc(N3CCCCC3)cc2)ncn1. The highest BCUT2D eigenvalue weighted by Crippen LogP contribution is 2.22. The second kappa shape index (κ2) is 8.65. The maximum absolute atomic E-state index is 12.5. The van der Waals surface area contributed by atoms with Crippen LogP contribution in [-0.2, 0) is 0 Å². The van der Waals surface area contributed by atoms with E-state index in [1.54, 1.807) is 6.07 Å². The number of hydrogen-bond acceptors (Lipinski definition) is 5. The van der Waals surface area contributed by atoms with Gasteiger partial charge in [0, 0.05) is 43.6 Å². The highest BCUT2D eigenvalue weighted by atomic mass is 16.1. The lowest BCUT2D eigenvalue weighted by molar-refractivity contribution is 0.102. The van der Waals surface area contributed by atoms with Gasteiger partial charge in [-0.1, -0.05) is 0 Å². The van der Waals surface area contributed by atoms with E-state index >= 15 is 0 Å². The van der Waals surface area contributed by atoms with Crippen molar-refractivity contribution < 1.29 is 4.79 Å². The molecule has 1 aliphatic rings. The molecule has 0 radical (unpaired) electrons. The number of rotatable bonds is 6. The van der Waals surface area contributed by atoms with Crippen LogP contribution in [0.3, 0.4) is 0 Å². The van der Waals surface area contributed by atoms with Gasteiger partial charge >= 0.3 is 0 Å². The van der Waals surface area contributed by atoms with Gasteiger partial charge in [-0.15, -0.1) is 0 Å². The summed E-state index contributed by atoms with van der Waals surface area (Å²) in [4.78, 5) is 25.4. The van der Waals surface area contributed by atoms with Crippen molar-refractivity contribution in [2.45, 2.75) is 33.1 Å². The van der Waals surface area contributed by atoms with Crippen molar-refractivity contribution in [3.8, 4) is 0 Å². The molecule has 1 saturated heterocycles. The fourth-order valence-corrected chi connectivity index (χ4v) is 3.29. The van der Waals surface area contributed by atoms with Gasteiger partial charge in [0.1, 0.15) is 17.8 Å². The van der Waals surface area contributed by atoms with Gasteiger partial charge in [-0.3, -0.25) is 4.79 Å². The van der Waals surface area contributed by atoms with Gasteiger partial charge < -0.3 is 15.1 Å². The first-order chi connectivity index (χ1) is 12.7. The van der Waals surface area contributed by atoms with E-state index in [0.29, 0.717) is 5.69 Å². The molecule has 2 aromatic rings. The number of aromatic nitrogens is 2. The molecule has 6 heteroatoms. The fraction of sp³-hybridized carbons (Fsp3) is 0.450. The summed E-state index contributed by atoms with van der Waals surface area (Å²) in [6, 6.07) is 9.79. The number of carbonyl (C=O) groups is 1. The Morgan fingerprint density at radius 2 is 1.77 bits per heavy atom. The largest absolute Gasteiger partial charge is 0.372 e. The first-order valence-corrected chi connectivity index (χ1v) is 9.44. The third-order valence-electron chi connectivity index (χ3n) is 4.82. The Morgan fingerprint density at radius 3 is 2.42 bits per heavy atom. The van der Waals surface area contributed by atoms with Crippen LogP contribution in [0.4, 0.5) is 17.2 Å². The first-order valence-electron chi connectivity index (χ1n) is 9.44. The van der Waals surface area contributed by atoms with E-state index < -0.39 is 0 Å². The average Bonchev–Trinajstić information content (AvgIpc) is 2.70. The number of nitrogens with one attached hydrogen (secondary N) is 1. The van der Waals surface area contributed by atoms with Crippen molar-refractivity contribution in [1.82, 2.24) is 9.97 Å². The smallest absolute Gasteiger partial charge is 0.274 e. The van der Waals surface area contributed by atoms with Crippen molar-refractivity contribution in [2.24, 2.45) is 0 Å². The molecule has 0 spiro atoms. The summed E-state index contributed by atoms with van der Waals surface area (Å²) in [6.45, 7) is 8.03. The van der Waals surface area contributed by atoms with Gasteiger partial charge in [0.2, 0.25) is 0 Å². The molecule has 3 rings (SSSR count). The van der Waals surface area contributed by atoms with E-state index in [1.165, 1.54) is 31.3 Å². The van der Waals surface area contributed by atoms with Crippen molar-refractivity contribution >= 4 is 23.1 Å². The van der Waals surface area contributed by atoms with Crippen molar-refractivity contribution in [2.75, 3.05) is 41.3 Å². The molecular formula is C20H27N5O. The van der Waals surface area contributed by atoms with Crippen LogP contribution in [0, 0.1) is 0 Å². The molecule has 0 atom stereocenters. The molecule has 1 aromatic heterocycles. The average molecular weight is 353 g/mol. The quantitative estimate of drug-likeness (QED) is 0.860. The summed E-state index contributed by atoms with van der Waals surface area (Å²) in [5, 5.41) is 2.92. The molecule has 1 fully saturated rings. The predicted octanol–water partition coefficient (Wildman–Crippen LogP) is 3.57. The van der Waals surface area contributed by atoms with Crippen LogP contribution in [0.5, 0.6) is 0 Å². The minimum absolute atomic E-state index is 0.216. The topological polar surface area (TPSA) is 61.4 Å². The Labute approximate surface area is 155 Å². The third-order valence-corrected chi connectivity index (χ3v) is 4.82. The molecule has 26 heavy (non-hydrogen) atoms. The van der Waals surface area contributed by atoms with Crippen LogP contribution in [0.2, 0.25) is 0 Å². The summed E-state index contributed by atoms with van der Waals surface area (Å²) < 4.78 is 0. The Kier molecular flexibility index (Phi) is 6.04. The van der Waals surface area contributed by atoms with Gasteiger partial charge in [0.25, 0.3) is 5.91 Å². The highest BCUT2D eigenvalue weighted by molar-refractivity contribution is 6.03. The summed E-state index contributed by atoms with van der Waals surface area (Å²) in [7, 11) is 0. The molecular weight excluding hydrogens is 326 g/mol. The zero-order valence-electron chi connectivity index (χ0n) is 15.6. The van der Waals surface area contributed by atoms with Gasteiger partial charge in [-0.05, 0) is 57.4 Å². The van der Waals surface area contributed by atoms with Crippen molar-refractivity contribution in [3.63, 3.8) is 0 Å². The monoisotopic (exact) mass is 353 g/mol. The van der Waals surface area contributed by atoms with E-state index in [-0.39, 0.29) is 5.91 Å². The number of carbonyl (C=O) groups excluding carboxylic acids is 1. The summed E-state index contributed by atoms with van der Waals surface area (Å²) in [5.74, 6) is 0.558.